The molecule has 2 aliphatic rings. The van der Waals surface area contributed by atoms with Crippen molar-refractivity contribution in [3.8, 4) is 101 Å². The van der Waals surface area contributed by atoms with Crippen molar-refractivity contribution in [2.45, 2.75) is 19.3 Å². The fourth-order valence-corrected chi connectivity index (χ4v) is 9.54. The molecule has 0 saturated carbocycles. The van der Waals surface area contributed by atoms with E-state index in [1.807, 2.05) is 24.3 Å². The molecule has 0 atom stereocenters. The van der Waals surface area contributed by atoms with Crippen LogP contribution >= 0.6 is 0 Å². The molecule has 1 aliphatic carbocycles. The average molecular weight is 794 g/mol. The lowest BCUT2D eigenvalue weighted by atomic mass is 9.81. The van der Waals surface area contributed by atoms with Crippen LogP contribution in [0.3, 0.4) is 0 Å². The molecule has 1 aliphatic heterocycles. The molecule has 0 N–H and O–H groups in total. The first-order chi connectivity index (χ1) is 30.4. The quantitative estimate of drug-likeness (QED) is 0.168. The largest absolute Gasteiger partial charge is 0.456 e. The second-order valence-corrected chi connectivity index (χ2v) is 16.8. The van der Waals surface area contributed by atoms with Crippen molar-refractivity contribution in [1.82, 2.24) is 15.0 Å². The van der Waals surface area contributed by atoms with E-state index in [4.69, 9.17) is 19.7 Å². The maximum absolute atomic E-state index is 6.68. The fourth-order valence-electron chi connectivity index (χ4n) is 9.54. The van der Waals surface area contributed by atoms with E-state index < -0.39 is 0 Å². The number of hydrogen-bond acceptors (Lipinski definition) is 4. The molecular formula is C58H39N3O. The topological polar surface area (TPSA) is 47.9 Å². The van der Waals surface area contributed by atoms with E-state index >= 15 is 0 Å². The molecule has 0 spiro atoms. The van der Waals surface area contributed by atoms with E-state index in [1.54, 1.807) is 0 Å². The Morgan fingerprint density at radius 2 is 0.839 bits per heavy atom. The summed E-state index contributed by atoms with van der Waals surface area (Å²) < 4.78 is 6.68. The van der Waals surface area contributed by atoms with Gasteiger partial charge in [0.2, 0.25) is 0 Å². The van der Waals surface area contributed by atoms with Crippen molar-refractivity contribution < 1.29 is 4.74 Å². The summed E-state index contributed by atoms with van der Waals surface area (Å²) >= 11 is 0. The smallest absolute Gasteiger partial charge is 0.164 e. The third-order valence-electron chi connectivity index (χ3n) is 12.7. The zero-order valence-electron chi connectivity index (χ0n) is 34.3. The first kappa shape index (κ1) is 35.9. The first-order valence-corrected chi connectivity index (χ1v) is 21.2. The van der Waals surface area contributed by atoms with E-state index in [1.165, 1.54) is 33.2 Å². The van der Waals surface area contributed by atoms with Crippen LogP contribution in [0.25, 0.3) is 101 Å². The van der Waals surface area contributed by atoms with Gasteiger partial charge in [0.25, 0.3) is 0 Å². The monoisotopic (exact) mass is 793 g/mol. The number of benzene rings is 9. The van der Waals surface area contributed by atoms with Gasteiger partial charge in [0.05, 0.1) is 0 Å². The Morgan fingerprint density at radius 1 is 0.323 bits per heavy atom. The Bertz CT molecular complexity index is 3400. The van der Waals surface area contributed by atoms with Crippen molar-refractivity contribution in [3.63, 3.8) is 0 Å². The number of aromatic nitrogens is 3. The number of hydrogen-bond donors (Lipinski definition) is 0. The van der Waals surface area contributed by atoms with Crippen LogP contribution in [-0.2, 0) is 5.41 Å². The van der Waals surface area contributed by atoms with E-state index in [2.05, 4.69) is 190 Å². The predicted molar refractivity (Wildman–Crippen MR) is 253 cm³/mol. The first-order valence-electron chi connectivity index (χ1n) is 21.2. The Morgan fingerprint density at radius 3 is 1.61 bits per heavy atom. The van der Waals surface area contributed by atoms with E-state index in [0.29, 0.717) is 17.5 Å². The highest BCUT2D eigenvalue weighted by Crippen LogP contribution is 2.51. The van der Waals surface area contributed by atoms with Gasteiger partial charge < -0.3 is 4.74 Å². The SMILES string of the molecule is CC1(C)c2ccccc2-c2ccc(-c3cc(-c4ccc5c(c4)Oc4cccc6cccc-5c46)cc(-c4nc(-c5ccccc5)nc(-c5cccc(-c6ccccc6)c5)n4)c3)cc21. The van der Waals surface area contributed by atoms with Crippen LogP contribution in [0.5, 0.6) is 11.5 Å². The molecule has 0 saturated heterocycles. The summed E-state index contributed by atoms with van der Waals surface area (Å²) in [6.07, 6.45) is 0. The molecule has 0 radical (unpaired) electrons. The van der Waals surface area contributed by atoms with Crippen molar-refractivity contribution in [1.29, 1.82) is 0 Å². The number of nitrogens with zero attached hydrogens (tertiary/aromatic N) is 3. The van der Waals surface area contributed by atoms with E-state index in [-0.39, 0.29) is 5.41 Å². The van der Waals surface area contributed by atoms with Gasteiger partial charge >= 0.3 is 0 Å². The van der Waals surface area contributed by atoms with Gasteiger partial charge in [-0.3, -0.25) is 0 Å². The summed E-state index contributed by atoms with van der Waals surface area (Å²) in [6, 6.07) is 70.9. The van der Waals surface area contributed by atoms with Gasteiger partial charge in [-0.25, -0.2) is 15.0 Å². The van der Waals surface area contributed by atoms with E-state index in [9.17, 15) is 0 Å². The molecule has 1 aromatic heterocycles. The van der Waals surface area contributed by atoms with Gasteiger partial charge in [-0.15, -0.1) is 0 Å². The van der Waals surface area contributed by atoms with Crippen molar-refractivity contribution in [2.75, 3.05) is 0 Å². The molecule has 292 valence electrons. The van der Waals surface area contributed by atoms with Crippen molar-refractivity contribution in [3.05, 3.63) is 211 Å². The number of rotatable bonds is 6. The third-order valence-corrected chi connectivity index (χ3v) is 12.7. The van der Waals surface area contributed by atoms with Gasteiger partial charge in [-0.2, -0.15) is 0 Å². The zero-order valence-corrected chi connectivity index (χ0v) is 34.3. The summed E-state index contributed by atoms with van der Waals surface area (Å²) in [5.74, 6) is 3.55. The molecule has 12 rings (SSSR count). The Kier molecular flexibility index (Phi) is 8.16. The molecule has 0 amide bonds. The van der Waals surface area contributed by atoms with E-state index in [0.717, 1.165) is 72.5 Å². The molecule has 10 aromatic rings. The predicted octanol–water partition coefficient (Wildman–Crippen LogP) is 15.1. The molecule has 4 heteroatoms. The van der Waals surface area contributed by atoms with Crippen LogP contribution < -0.4 is 4.74 Å². The van der Waals surface area contributed by atoms with Crippen LogP contribution in [0.4, 0.5) is 0 Å². The number of fused-ring (bicyclic) bond motifs is 5. The minimum atomic E-state index is -0.140. The second kappa shape index (κ2) is 14.1. The normalized spacial score (nSPS) is 12.9. The molecule has 62 heavy (non-hydrogen) atoms. The van der Waals surface area contributed by atoms with Crippen LogP contribution in [0.1, 0.15) is 25.0 Å². The van der Waals surface area contributed by atoms with Gasteiger partial charge in [0.15, 0.2) is 17.5 Å². The third kappa shape index (κ3) is 5.95. The summed E-state index contributed by atoms with van der Waals surface area (Å²) in [7, 11) is 0. The Labute approximate surface area is 360 Å². The Balaban J connectivity index is 1.05. The van der Waals surface area contributed by atoms with Crippen molar-refractivity contribution >= 4 is 10.8 Å². The summed E-state index contributed by atoms with van der Waals surface area (Å²) in [4.78, 5) is 15.6. The molecule has 0 fully saturated rings. The lowest BCUT2D eigenvalue weighted by Crippen LogP contribution is -2.14. The van der Waals surface area contributed by atoms with Gasteiger partial charge in [0, 0.05) is 33.1 Å². The maximum atomic E-state index is 6.68. The molecule has 0 bridgehead atoms. The highest BCUT2D eigenvalue weighted by molar-refractivity contribution is 6.04. The highest BCUT2D eigenvalue weighted by atomic mass is 16.5. The lowest BCUT2D eigenvalue weighted by Gasteiger charge is -2.22. The van der Waals surface area contributed by atoms with Crippen LogP contribution in [0.15, 0.2) is 200 Å². The van der Waals surface area contributed by atoms with Crippen LogP contribution in [-0.4, -0.2) is 15.0 Å². The standard InChI is InChI=1S/C58H39N3O/c1-58(2)50-24-10-9-22-46(50)47-28-26-40(34-51(47)58)43-31-44(41-27-29-48-49-23-12-18-37-19-13-25-52(54(37)49)62-53(48)35-41)33-45(32-43)57-60-55(38-16-7-4-8-17-38)59-56(61-57)42-21-11-20-39(30-42)36-14-5-3-6-15-36/h3-35H,1-2H3. The van der Waals surface area contributed by atoms with Crippen LogP contribution in [0, 0.1) is 0 Å². The summed E-state index contributed by atoms with van der Waals surface area (Å²) in [5.41, 5.74) is 16.7. The van der Waals surface area contributed by atoms with Gasteiger partial charge in [0.1, 0.15) is 11.5 Å². The highest BCUT2D eigenvalue weighted by Gasteiger charge is 2.35. The summed E-state index contributed by atoms with van der Waals surface area (Å²) in [6.45, 7) is 4.67. The molecule has 2 heterocycles. The fraction of sp³-hybridized carbons (Fsp3) is 0.0517. The second-order valence-electron chi connectivity index (χ2n) is 16.8. The minimum Gasteiger partial charge on any atom is -0.456 e. The average Bonchev–Trinajstić information content (AvgIpc) is 3.57. The molecule has 0 unspecified atom stereocenters. The molecule has 9 aromatic carbocycles. The molecular weight excluding hydrogens is 755 g/mol. The van der Waals surface area contributed by atoms with Crippen LogP contribution in [0.2, 0.25) is 0 Å². The van der Waals surface area contributed by atoms with Gasteiger partial charge in [-0.1, -0.05) is 166 Å². The van der Waals surface area contributed by atoms with Gasteiger partial charge in [-0.05, 0) is 115 Å². The number of ether oxygens (including phenoxy) is 1. The molecule has 4 nitrogen and oxygen atoms in total. The minimum absolute atomic E-state index is 0.140. The maximum Gasteiger partial charge on any atom is 0.164 e. The summed E-state index contributed by atoms with van der Waals surface area (Å²) in [5, 5.41) is 2.32. The zero-order chi connectivity index (χ0) is 41.4. The Hall–Kier alpha value is -7.95. The van der Waals surface area contributed by atoms with Crippen molar-refractivity contribution in [2.24, 2.45) is 0 Å². The lowest BCUT2D eigenvalue weighted by molar-refractivity contribution is 0.487.